The van der Waals surface area contributed by atoms with Crippen molar-refractivity contribution in [2.75, 3.05) is 17.2 Å². The van der Waals surface area contributed by atoms with Crippen LogP contribution in [0.3, 0.4) is 0 Å². The van der Waals surface area contributed by atoms with E-state index in [0.29, 0.717) is 0 Å². The minimum absolute atomic E-state index is 0.0190. The predicted molar refractivity (Wildman–Crippen MR) is 88.8 cm³/mol. The van der Waals surface area contributed by atoms with Crippen LogP contribution in [0, 0.1) is 0 Å². The molecule has 2 N–H and O–H groups in total. The molecule has 0 aliphatic heterocycles. The Bertz CT molecular complexity index is 571. The largest absolute Gasteiger partial charge is 0.376 e. The molecule has 2 aromatic carbocycles. The zero-order valence-electron chi connectivity index (χ0n) is 12.6. The highest BCUT2D eigenvalue weighted by Gasteiger charge is 2.09. The van der Waals surface area contributed by atoms with Gasteiger partial charge in [0.2, 0.25) is 5.91 Å². The van der Waals surface area contributed by atoms with Gasteiger partial charge in [0.05, 0.1) is 6.54 Å². The van der Waals surface area contributed by atoms with Crippen molar-refractivity contribution in [1.29, 1.82) is 0 Å². The molecule has 2 aromatic rings. The monoisotopic (exact) mass is 282 g/mol. The van der Waals surface area contributed by atoms with Crippen LogP contribution >= 0.6 is 0 Å². The number of hydrogen-bond donors (Lipinski definition) is 2. The smallest absolute Gasteiger partial charge is 0.243 e. The van der Waals surface area contributed by atoms with Crippen LogP contribution < -0.4 is 10.6 Å². The summed E-state index contributed by atoms with van der Waals surface area (Å²) >= 11 is 0. The molecule has 0 bridgehead atoms. The Morgan fingerprint density at radius 3 is 2.10 bits per heavy atom. The fraction of sp³-hybridized carbons (Fsp3) is 0.278. The second kappa shape index (κ2) is 7.48. The molecule has 1 amide bonds. The summed E-state index contributed by atoms with van der Waals surface area (Å²) in [7, 11) is 0. The average Bonchev–Trinajstić information content (AvgIpc) is 2.54. The van der Waals surface area contributed by atoms with Gasteiger partial charge >= 0.3 is 0 Å². The van der Waals surface area contributed by atoms with Crippen molar-refractivity contribution in [2.45, 2.75) is 26.7 Å². The minimum Gasteiger partial charge on any atom is -0.376 e. The molecule has 0 aliphatic rings. The van der Waals surface area contributed by atoms with Crippen LogP contribution in [-0.4, -0.2) is 12.5 Å². The van der Waals surface area contributed by atoms with Crippen molar-refractivity contribution in [3.63, 3.8) is 0 Å². The van der Waals surface area contributed by atoms with Gasteiger partial charge < -0.3 is 10.6 Å². The summed E-state index contributed by atoms with van der Waals surface area (Å²) in [4.78, 5) is 12.1. The molecule has 3 nitrogen and oxygen atoms in total. The Balaban J connectivity index is 2.02. The molecule has 0 saturated heterocycles. The number of anilines is 2. The van der Waals surface area contributed by atoms with Gasteiger partial charge in [0.1, 0.15) is 0 Å². The molecular weight excluding hydrogens is 260 g/mol. The van der Waals surface area contributed by atoms with Gasteiger partial charge in [0.25, 0.3) is 0 Å². The van der Waals surface area contributed by atoms with E-state index in [2.05, 4.69) is 42.7 Å². The number of rotatable bonds is 6. The average molecular weight is 282 g/mol. The summed E-state index contributed by atoms with van der Waals surface area (Å²) < 4.78 is 0. The van der Waals surface area contributed by atoms with E-state index in [4.69, 9.17) is 0 Å². The van der Waals surface area contributed by atoms with E-state index >= 15 is 0 Å². The number of carbonyl (C=O) groups is 1. The summed E-state index contributed by atoms with van der Waals surface area (Å²) in [5, 5.41) is 6.18. The summed E-state index contributed by atoms with van der Waals surface area (Å²) in [6.07, 6.45) is 1.82. The third kappa shape index (κ3) is 4.09. The van der Waals surface area contributed by atoms with Gasteiger partial charge in [-0.3, -0.25) is 4.79 Å². The van der Waals surface area contributed by atoms with E-state index in [-0.39, 0.29) is 12.5 Å². The molecule has 0 aromatic heterocycles. The first kappa shape index (κ1) is 15.1. The maximum atomic E-state index is 12.1. The molecule has 0 aliphatic carbocycles. The van der Waals surface area contributed by atoms with E-state index in [9.17, 15) is 4.79 Å². The van der Waals surface area contributed by atoms with Crippen molar-refractivity contribution in [3.8, 4) is 0 Å². The minimum atomic E-state index is -0.0190. The van der Waals surface area contributed by atoms with Crippen LogP contribution in [0.5, 0.6) is 0 Å². The predicted octanol–water partition coefficient (Wildman–Crippen LogP) is 3.86. The normalized spacial score (nSPS) is 10.2. The lowest BCUT2D eigenvalue weighted by Crippen LogP contribution is -2.23. The van der Waals surface area contributed by atoms with Crippen LogP contribution in [0.15, 0.2) is 48.5 Å². The van der Waals surface area contributed by atoms with Crippen LogP contribution in [0.2, 0.25) is 0 Å². The molecule has 21 heavy (non-hydrogen) atoms. The van der Waals surface area contributed by atoms with Crippen LogP contribution in [0.4, 0.5) is 11.4 Å². The van der Waals surface area contributed by atoms with Gasteiger partial charge in [0, 0.05) is 11.4 Å². The van der Waals surface area contributed by atoms with Crippen LogP contribution in [0.1, 0.15) is 25.0 Å². The van der Waals surface area contributed by atoms with Crippen molar-refractivity contribution in [2.24, 2.45) is 0 Å². The number of nitrogens with one attached hydrogen (secondary N) is 2. The number of para-hydroxylation sites is 2. The highest BCUT2D eigenvalue weighted by Crippen LogP contribution is 2.22. The number of benzene rings is 2. The van der Waals surface area contributed by atoms with Gasteiger partial charge in [-0.25, -0.2) is 0 Å². The number of carbonyl (C=O) groups excluding carboxylic acids is 1. The summed E-state index contributed by atoms with van der Waals surface area (Å²) in [5.74, 6) is -0.0190. The Labute approximate surface area is 126 Å². The highest BCUT2D eigenvalue weighted by atomic mass is 16.1. The molecule has 0 saturated carbocycles. The highest BCUT2D eigenvalue weighted by molar-refractivity contribution is 5.95. The van der Waals surface area contributed by atoms with Crippen molar-refractivity contribution >= 4 is 17.3 Å². The van der Waals surface area contributed by atoms with Crippen molar-refractivity contribution in [1.82, 2.24) is 0 Å². The van der Waals surface area contributed by atoms with Crippen LogP contribution in [0.25, 0.3) is 0 Å². The number of hydrogen-bond acceptors (Lipinski definition) is 2. The Hall–Kier alpha value is -2.29. The molecule has 0 heterocycles. The Kier molecular flexibility index (Phi) is 5.38. The molecule has 3 heteroatoms. The third-order valence-electron chi connectivity index (χ3n) is 3.49. The van der Waals surface area contributed by atoms with Gasteiger partial charge in [-0.15, -0.1) is 0 Å². The maximum Gasteiger partial charge on any atom is 0.243 e. The Morgan fingerprint density at radius 1 is 0.905 bits per heavy atom. The van der Waals surface area contributed by atoms with E-state index < -0.39 is 0 Å². The van der Waals surface area contributed by atoms with Gasteiger partial charge in [-0.2, -0.15) is 0 Å². The SMILES string of the molecule is CCc1cccc(CC)c1NC(=O)CNc1ccccc1. The fourth-order valence-corrected chi connectivity index (χ4v) is 2.33. The quantitative estimate of drug-likeness (QED) is 0.844. The van der Waals surface area contributed by atoms with Crippen LogP contribution in [-0.2, 0) is 17.6 Å². The molecule has 0 atom stereocenters. The fourth-order valence-electron chi connectivity index (χ4n) is 2.33. The summed E-state index contributed by atoms with van der Waals surface area (Å²) in [6.45, 7) is 4.48. The second-order valence-electron chi connectivity index (χ2n) is 4.93. The lowest BCUT2D eigenvalue weighted by atomic mass is 10.0. The van der Waals surface area contributed by atoms with Gasteiger partial charge in [-0.05, 0) is 36.1 Å². The first-order valence-corrected chi connectivity index (χ1v) is 7.44. The number of aryl methyl sites for hydroxylation is 2. The third-order valence-corrected chi connectivity index (χ3v) is 3.49. The number of amides is 1. The summed E-state index contributed by atoms with van der Waals surface area (Å²) in [6, 6.07) is 15.9. The lowest BCUT2D eigenvalue weighted by molar-refractivity contribution is -0.114. The standard InChI is InChI=1S/C18H22N2O/c1-3-14-9-8-10-15(4-2)18(14)20-17(21)13-19-16-11-6-5-7-12-16/h5-12,19H,3-4,13H2,1-2H3,(H,20,21). The van der Waals surface area contributed by atoms with Gasteiger partial charge in [-0.1, -0.05) is 50.2 Å². The van der Waals surface area contributed by atoms with E-state index in [1.807, 2.05) is 30.3 Å². The lowest BCUT2D eigenvalue weighted by Gasteiger charge is -2.15. The Morgan fingerprint density at radius 2 is 1.52 bits per heavy atom. The van der Waals surface area contributed by atoms with E-state index in [1.165, 1.54) is 11.1 Å². The topological polar surface area (TPSA) is 41.1 Å². The maximum absolute atomic E-state index is 12.1. The molecule has 2 rings (SSSR count). The first-order valence-electron chi connectivity index (χ1n) is 7.44. The summed E-state index contributed by atoms with van der Waals surface area (Å²) in [5.41, 5.74) is 4.29. The zero-order valence-corrected chi connectivity index (χ0v) is 12.6. The zero-order chi connectivity index (χ0) is 15.1. The molecule has 0 radical (unpaired) electrons. The second-order valence-corrected chi connectivity index (χ2v) is 4.93. The van der Waals surface area contributed by atoms with E-state index in [1.54, 1.807) is 0 Å². The first-order chi connectivity index (χ1) is 10.2. The molecular formula is C18H22N2O. The van der Waals surface area contributed by atoms with Crippen molar-refractivity contribution < 1.29 is 4.79 Å². The molecule has 0 fully saturated rings. The van der Waals surface area contributed by atoms with E-state index in [0.717, 1.165) is 24.2 Å². The van der Waals surface area contributed by atoms with Gasteiger partial charge in [0.15, 0.2) is 0 Å². The molecule has 110 valence electrons. The molecule has 0 spiro atoms. The molecule has 0 unspecified atom stereocenters. The van der Waals surface area contributed by atoms with Crippen molar-refractivity contribution in [3.05, 3.63) is 59.7 Å².